The van der Waals surface area contributed by atoms with Crippen LogP contribution >= 0.6 is 15.9 Å². The van der Waals surface area contributed by atoms with E-state index in [1.165, 1.54) is 4.68 Å². The minimum Gasteiger partial charge on any atom is -0.379 e. The second-order valence-corrected chi connectivity index (χ2v) is 5.73. The summed E-state index contributed by atoms with van der Waals surface area (Å²) in [4.78, 5) is 12.1. The molecule has 0 bridgehead atoms. The second kappa shape index (κ2) is 7.05. The molecule has 106 valence electrons. The first kappa shape index (κ1) is 14.5. The molecule has 6 heteroatoms. The van der Waals surface area contributed by atoms with E-state index in [2.05, 4.69) is 38.6 Å². The van der Waals surface area contributed by atoms with Crippen molar-refractivity contribution in [1.82, 2.24) is 15.1 Å². The number of nitrogens with one attached hydrogen (secondary N) is 2. The smallest absolute Gasteiger partial charge is 0.283 e. The van der Waals surface area contributed by atoms with Crippen molar-refractivity contribution in [2.24, 2.45) is 0 Å². The van der Waals surface area contributed by atoms with Crippen LogP contribution in [0.2, 0.25) is 0 Å². The molecule has 2 heterocycles. The molecule has 1 aliphatic heterocycles. The summed E-state index contributed by atoms with van der Waals surface area (Å²) in [5.74, 6) is 0. The number of rotatable bonds is 5. The minimum absolute atomic E-state index is 0.0535. The van der Waals surface area contributed by atoms with Gasteiger partial charge in [-0.3, -0.25) is 4.79 Å². The van der Waals surface area contributed by atoms with Crippen molar-refractivity contribution in [2.75, 3.05) is 18.4 Å². The minimum atomic E-state index is -0.0535. The lowest BCUT2D eigenvalue weighted by molar-refractivity contribution is 0.478. The largest absolute Gasteiger partial charge is 0.379 e. The molecule has 0 spiro atoms. The summed E-state index contributed by atoms with van der Waals surface area (Å²) < 4.78 is 2.11. The van der Waals surface area contributed by atoms with E-state index in [4.69, 9.17) is 0 Å². The van der Waals surface area contributed by atoms with Gasteiger partial charge in [-0.25, -0.2) is 4.68 Å². The van der Waals surface area contributed by atoms with E-state index in [0.717, 1.165) is 44.5 Å². The average Bonchev–Trinajstić information content (AvgIpc) is 2.44. The highest BCUT2D eigenvalue weighted by Gasteiger charge is 2.15. The van der Waals surface area contributed by atoms with Gasteiger partial charge in [0.2, 0.25) is 0 Å². The summed E-state index contributed by atoms with van der Waals surface area (Å²) >= 11 is 3.39. The number of hydrogen-bond donors (Lipinski definition) is 2. The lowest BCUT2D eigenvalue weighted by Gasteiger charge is -2.25. The fraction of sp³-hybridized carbons (Fsp3) is 0.692. The van der Waals surface area contributed by atoms with Gasteiger partial charge >= 0.3 is 0 Å². The maximum atomic E-state index is 12.1. The van der Waals surface area contributed by atoms with Gasteiger partial charge in [0, 0.05) is 19.1 Å². The Morgan fingerprint density at radius 3 is 3.16 bits per heavy atom. The number of hydrogen-bond acceptors (Lipinski definition) is 4. The van der Waals surface area contributed by atoms with E-state index in [-0.39, 0.29) is 5.56 Å². The lowest BCUT2D eigenvalue weighted by Crippen LogP contribution is -2.39. The third-order valence-electron chi connectivity index (χ3n) is 3.36. The molecule has 2 rings (SSSR count). The zero-order chi connectivity index (χ0) is 13.7. The molecule has 19 heavy (non-hydrogen) atoms. The highest BCUT2D eigenvalue weighted by Crippen LogP contribution is 2.19. The zero-order valence-electron chi connectivity index (χ0n) is 11.3. The monoisotopic (exact) mass is 328 g/mol. The Morgan fingerprint density at radius 1 is 1.63 bits per heavy atom. The Morgan fingerprint density at radius 2 is 2.47 bits per heavy atom. The quantitative estimate of drug-likeness (QED) is 0.867. The van der Waals surface area contributed by atoms with Crippen LogP contribution in [0.5, 0.6) is 0 Å². The predicted octanol–water partition coefficient (Wildman–Crippen LogP) is 1.97. The van der Waals surface area contributed by atoms with E-state index in [1.807, 2.05) is 0 Å². The number of anilines is 1. The molecular formula is C13H21BrN4O. The van der Waals surface area contributed by atoms with Crippen LogP contribution in [0.25, 0.3) is 0 Å². The molecule has 0 radical (unpaired) electrons. The number of halogens is 1. The van der Waals surface area contributed by atoms with Crippen molar-refractivity contribution in [3.8, 4) is 0 Å². The van der Waals surface area contributed by atoms with E-state index in [9.17, 15) is 4.79 Å². The molecule has 1 aromatic rings. The fourth-order valence-electron chi connectivity index (χ4n) is 2.23. The van der Waals surface area contributed by atoms with Gasteiger partial charge in [0.25, 0.3) is 5.56 Å². The molecule has 0 aliphatic carbocycles. The van der Waals surface area contributed by atoms with Crippen LogP contribution in [-0.2, 0) is 6.54 Å². The first-order chi connectivity index (χ1) is 9.22. The van der Waals surface area contributed by atoms with Crippen molar-refractivity contribution >= 4 is 21.6 Å². The third-order valence-corrected chi connectivity index (χ3v) is 4.13. The normalized spacial score (nSPS) is 19.4. The highest BCUT2D eigenvalue weighted by atomic mass is 79.9. The molecule has 0 saturated carbocycles. The van der Waals surface area contributed by atoms with Gasteiger partial charge in [-0.05, 0) is 41.7 Å². The maximum absolute atomic E-state index is 12.1. The molecule has 1 atom stereocenters. The number of aryl methyl sites for hydroxylation is 1. The Bertz CT molecular complexity index is 468. The third kappa shape index (κ3) is 3.79. The molecule has 2 N–H and O–H groups in total. The number of piperidine rings is 1. The molecule has 1 saturated heterocycles. The predicted molar refractivity (Wildman–Crippen MR) is 80.6 cm³/mol. The molecular weight excluding hydrogens is 308 g/mol. The van der Waals surface area contributed by atoms with Crippen LogP contribution < -0.4 is 16.2 Å². The molecule has 1 aliphatic rings. The standard InChI is InChI=1S/C13H21BrN4O/c1-2-3-7-18-13(19)12(14)11(9-16-18)17-10-5-4-6-15-8-10/h9-10,15,17H,2-8H2,1H3. The number of unbranched alkanes of at least 4 members (excludes halogenated alkanes) is 1. The first-order valence-electron chi connectivity index (χ1n) is 6.95. The summed E-state index contributed by atoms with van der Waals surface area (Å²) in [6.07, 6.45) is 6.06. The van der Waals surface area contributed by atoms with Crippen LogP contribution in [0.15, 0.2) is 15.5 Å². The van der Waals surface area contributed by atoms with E-state index >= 15 is 0 Å². The van der Waals surface area contributed by atoms with Crippen LogP contribution in [0, 0.1) is 0 Å². The Kier molecular flexibility index (Phi) is 5.39. The van der Waals surface area contributed by atoms with Gasteiger partial charge in [-0.1, -0.05) is 13.3 Å². The van der Waals surface area contributed by atoms with Crippen LogP contribution in [0.1, 0.15) is 32.6 Å². The zero-order valence-corrected chi connectivity index (χ0v) is 12.9. The molecule has 5 nitrogen and oxygen atoms in total. The summed E-state index contributed by atoms with van der Waals surface area (Å²) in [7, 11) is 0. The summed E-state index contributed by atoms with van der Waals surface area (Å²) in [5.41, 5.74) is 0.744. The van der Waals surface area contributed by atoms with Crippen molar-refractivity contribution in [2.45, 2.75) is 45.2 Å². The van der Waals surface area contributed by atoms with E-state index in [0.29, 0.717) is 17.1 Å². The van der Waals surface area contributed by atoms with Crippen LogP contribution in [0.4, 0.5) is 5.69 Å². The molecule has 0 aromatic carbocycles. The highest BCUT2D eigenvalue weighted by molar-refractivity contribution is 9.10. The van der Waals surface area contributed by atoms with E-state index in [1.54, 1.807) is 6.20 Å². The Balaban J connectivity index is 2.09. The van der Waals surface area contributed by atoms with Crippen molar-refractivity contribution in [1.29, 1.82) is 0 Å². The van der Waals surface area contributed by atoms with Crippen LogP contribution in [0.3, 0.4) is 0 Å². The van der Waals surface area contributed by atoms with Gasteiger partial charge in [0.15, 0.2) is 0 Å². The number of aromatic nitrogens is 2. The second-order valence-electron chi connectivity index (χ2n) is 4.94. The van der Waals surface area contributed by atoms with E-state index < -0.39 is 0 Å². The van der Waals surface area contributed by atoms with Gasteiger partial charge in [-0.2, -0.15) is 5.10 Å². The van der Waals surface area contributed by atoms with Gasteiger partial charge in [0.05, 0.1) is 11.9 Å². The average molecular weight is 329 g/mol. The van der Waals surface area contributed by atoms with Crippen molar-refractivity contribution in [3.63, 3.8) is 0 Å². The SMILES string of the molecule is CCCCn1ncc(NC2CCCNC2)c(Br)c1=O. The van der Waals surface area contributed by atoms with Crippen LogP contribution in [-0.4, -0.2) is 28.9 Å². The van der Waals surface area contributed by atoms with Gasteiger partial charge in [-0.15, -0.1) is 0 Å². The Hall–Kier alpha value is -0.880. The van der Waals surface area contributed by atoms with Crippen molar-refractivity contribution in [3.05, 3.63) is 21.0 Å². The summed E-state index contributed by atoms with van der Waals surface area (Å²) in [6, 6.07) is 0.373. The molecule has 0 amide bonds. The first-order valence-corrected chi connectivity index (χ1v) is 7.74. The Labute approximate surface area is 121 Å². The van der Waals surface area contributed by atoms with Crippen molar-refractivity contribution < 1.29 is 0 Å². The molecule has 1 unspecified atom stereocenters. The maximum Gasteiger partial charge on any atom is 0.283 e. The summed E-state index contributed by atoms with van der Waals surface area (Å²) in [5, 5.41) is 11.0. The molecule has 1 fully saturated rings. The summed E-state index contributed by atoms with van der Waals surface area (Å²) in [6.45, 7) is 4.80. The van der Waals surface area contributed by atoms with Gasteiger partial charge < -0.3 is 10.6 Å². The fourth-order valence-corrected chi connectivity index (χ4v) is 2.65. The topological polar surface area (TPSA) is 59.0 Å². The lowest BCUT2D eigenvalue weighted by atomic mass is 10.1. The van der Waals surface area contributed by atoms with Gasteiger partial charge in [0.1, 0.15) is 4.47 Å². The molecule has 1 aromatic heterocycles. The number of nitrogens with zero attached hydrogens (tertiary/aromatic N) is 2.